The number of hydrogen-bond acceptors (Lipinski definition) is 6. The Morgan fingerprint density at radius 1 is 1.40 bits per heavy atom. The van der Waals surface area contributed by atoms with Crippen molar-refractivity contribution in [2.75, 3.05) is 13.2 Å². The highest BCUT2D eigenvalue weighted by Crippen LogP contribution is 2.19. The van der Waals surface area contributed by atoms with Crippen molar-refractivity contribution in [3.63, 3.8) is 0 Å². The van der Waals surface area contributed by atoms with Crippen LogP contribution in [0.1, 0.15) is 12.7 Å². The zero-order valence-corrected chi connectivity index (χ0v) is 10.7. The zero-order valence-electron chi connectivity index (χ0n) is 10.7. The summed E-state index contributed by atoms with van der Waals surface area (Å²) in [6, 6.07) is 7.41. The smallest absolute Gasteiger partial charge is 0.344 e. The minimum atomic E-state index is -0.486. The van der Waals surface area contributed by atoms with Gasteiger partial charge in [0, 0.05) is 12.1 Å². The van der Waals surface area contributed by atoms with Gasteiger partial charge in [0.15, 0.2) is 12.0 Å². The summed E-state index contributed by atoms with van der Waals surface area (Å²) < 4.78 is 15.2. The van der Waals surface area contributed by atoms with Crippen LogP contribution in [-0.4, -0.2) is 19.2 Å². The molecular weight excluding hydrogens is 262 g/mol. The fraction of sp³-hybridized carbons (Fsp3) is 0.214. The second kappa shape index (κ2) is 5.89. The number of nitrogens with zero attached hydrogens (tertiary/aromatic N) is 1. The highest BCUT2D eigenvalue weighted by Gasteiger charge is 2.08. The molecule has 0 aliphatic rings. The predicted octanol–water partition coefficient (Wildman–Crippen LogP) is 1.61. The summed E-state index contributed by atoms with van der Waals surface area (Å²) in [6.45, 7) is 1.74. The van der Waals surface area contributed by atoms with E-state index in [1.54, 1.807) is 19.1 Å². The van der Waals surface area contributed by atoms with E-state index in [0.29, 0.717) is 11.1 Å². The molecule has 0 unspecified atom stereocenters. The minimum Gasteiger partial charge on any atom is -0.482 e. The molecule has 1 heterocycles. The maximum atomic E-state index is 11.7. The first kappa shape index (κ1) is 13.6. The van der Waals surface area contributed by atoms with Gasteiger partial charge in [0.25, 0.3) is 0 Å². The average Bonchev–Trinajstić information content (AvgIpc) is 2.45. The molecule has 0 saturated heterocycles. The lowest BCUT2D eigenvalue weighted by molar-refractivity contribution is -0.145. The Labute approximate surface area is 114 Å². The van der Waals surface area contributed by atoms with Gasteiger partial charge in [-0.05, 0) is 19.1 Å². The summed E-state index contributed by atoms with van der Waals surface area (Å²) >= 11 is 0. The molecule has 2 rings (SSSR count). The highest BCUT2D eigenvalue weighted by atomic mass is 16.6. The van der Waals surface area contributed by atoms with Crippen molar-refractivity contribution in [1.29, 1.82) is 5.26 Å². The molecule has 0 bridgehead atoms. The molecule has 0 amide bonds. The van der Waals surface area contributed by atoms with Crippen LogP contribution in [0, 0.1) is 11.3 Å². The quantitative estimate of drug-likeness (QED) is 0.786. The lowest BCUT2D eigenvalue weighted by atomic mass is 10.2. The van der Waals surface area contributed by atoms with Gasteiger partial charge in [0.05, 0.1) is 12.0 Å². The molecule has 0 fully saturated rings. The largest absolute Gasteiger partial charge is 0.482 e. The third kappa shape index (κ3) is 2.95. The second-order valence-corrected chi connectivity index (χ2v) is 3.84. The lowest BCUT2D eigenvalue weighted by Crippen LogP contribution is -2.14. The molecule has 1 aromatic carbocycles. The van der Waals surface area contributed by atoms with E-state index in [2.05, 4.69) is 0 Å². The van der Waals surface area contributed by atoms with Gasteiger partial charge in [-0.3, -0.25) is 4.79 Å². The van der Waals surface area contributed by atoms with Crippen LogP contribution in [0.5, 0.6) is 5.75 Å². The topological polar surface area (TPSA) is 89.5 Å². The third-order valence-corrected chi connectivity index (χ3v) is 2.47. The molecule has 20 heavy (non-hydrogen) atoms. The van der Waals surface area contributed by atoms with Crippen LogP contribution in [0.15, 0.2) is 33.5 Å². The van der Waals surface area contributed by atoms with E-state index in [9.17, 15) is 9.59 Å². The Morgan fingerprint density at radius 3 is 2.90 bits per heavy atom. The van der Waals surface area contributed by atoms with Gasteiger partial charge >= 0.3 is 5.97 Å². The van der Waals surface area contributed by atoms with E-state index >= 15 is 0 Å². The Hall–Kier alpha value is -2.81. The number of carbonyl (C=O) groups excluding carboxylic acids is 1. The highest BCUT2D eigenvalue weighted by molar-refractivity contribution is 5.78. The van der Waals surface area contributed by atoms with E-state index in [-0.39, 0.29) is 30.0 Å². The van der Waals surface area contributed by atoms with E-state index in [4.69, 9.17) is 19.2 Å². The van der Waals surface area contributed by atoms with E-state index < -0.39 is 5.97 Å². The average molecular weight is 273 g/mol. The summed E-state index contributed by atoms with van der Waals surface area (Å²) in [6.07, 6.45) is 0. The van der Waals surface area contributed by atoms with E-state index in [1.807, 2.05) is 0 Å². The van der Waals surface area contributed by atoms with E-state index in [1.165, 1.54) is 12.1 Å². The summed E-state index contributed by atoms with van der Waals surface area (Å²) in [5.74, 6) is -0.214. The minimum absolute atomic E-state index is 0.0787. The third-order valence-electron chi connectivity index (χ3n) is 2.47. The lowest BCUT2D eigenvalue weighted by Gasteiger charge is -2.06. The normalized spacial score (nSPS) is 10.0. The molecule has 0 aliphatic carbocycles. The summed E-state index contributed by atoms with van der Waals surface area (Å²) in [5, 5.41) is 9.09. The van der Waals surface area contributed by atoms with Crippen LogP contribution in [0.2, 0.25) is 0 Å². The Balaban J connectivity index is 2.27. The molecule has 2 aromatic rings. The zero-order chi connectivity index (χ0) is 14.5. The fourth-order valence-electron chi connectivity index (χ4n) is 1.63. The SMILES string of the molecule is CCOC(=O)COc1ccc2c(=O)cc(C#N)oc2c1. The fourth-order valence-corrected chi connectivity index (χ4v) is 1.63. The Morgan fingerprint density at radius 2 is 2.20 bits per heavy atom. The van der Waals surface area contributed by atoms with Gasteiger partial charge < -0.3 is 13.9 Å². The molecule has 6 nitrogen and oxygen atoms in total. The monoisotopic (exact) mass is 273 g/mol. The van der Waals surface area contributed by atoms with Crippen molar-refractivity contribution < 1.29 is 18.7 Å². The molecule has 0 radical (unpaired) electrons. The van der Waals surface area contributed by atoms with Crippen molar-refractivity contribution in [3.05, 3.63) is 40.2 Å². The van der Waals surface area contributed by atoms with Crippen LogP contribution >= 0.6 is 0 Å². The maximum absolute atomic E-state index is 11.7. The van der Waals surface area contributed by atoms with Crippen LogP contribution in [0.4, 0.5) is 0 Å². The van der Waals surface area contributed by atoms with Crippen LogP contribution in [0.3, 0.4) is 0 Å². The van der Waals surface area contributed by atoms with Crippen molar-refractivity contribution in [1.82, 2.24) is 0 Å². The standard InChI is InChI=1S/C14H11NO5/c1-2-18-14(17)8-19-9-3-4-11-12(16)5-10(7-15)20-13(11)6-9/h3-6H,2,8H2,1H3. The van der Waals surface area contributed by atoms with Gasteiger partial charge in [-0.1, -0.05) is 0 Å². The first-order valence-electron chi connectivity index (χ1n) is 5.90. The number of nitriles is 1. The van der Waals surface area contributed by atoms with Crippen LogP contribution < -0.4 is 10.2 Å². The molecule has 0 N–H and O–H groups in total. The summed E-state index contributed by atoms with van der Waals surface area (Å²) in [4.78, 5) is 22.9. The number of benzene rings is 1. The van der Waals surface area contributed by atoms with Gasteiger partial charge in [-0.15, -0.1) is 0 Å². The van der Waals surface area contributed by atoms with Gasteiger partial charge in [-0.25, -0.2) is 4.79 Å². The Bertz CT molecular complexity index is 741. The van der Waals surface area contributed by atoms with Gasteiger partial charge in [0.1, 0.15) is 17.4 Å². The van der Waals surface area contributed by atoms with Crippen LogP contribution in [0.25, 0.3) is 11.0 Å². The Kier molecular flexibility index (Phi) is 4.01. The summed E-state index contributed by atoms with van der Waals surface area (Å²) in [5.41, 5.74) is -0.0739. The maximum Gasteiger partial charge on any atom is 0.344 e. The van der Waals surface area contributed by atoms with Gasteiger partial charge in [-0.2, -0.15) is 5.26 Å². The molecule has 1 aromatic heterocycles. The number of esters is 1. The van der Waals surface area contributed by atoms with E-state index in [0.717, 1.165) is 6.07 Å². The molecular formula is C14H11NO5. The van der Waals surface area contributed by atoms with Crippen LogP contribution in [-0.2, 0) is 9.53 Å². The molecule has 0 aliphatic heterocycles. The second-order valence-electron chi connectivity index (χ2n) is 3.84. The van der Waals surface area contributed by atoms with Crippen molar-refractivity contribution in [2.45, 2.75) is 6.92 Å². The summed E-state index contributed by atoms with van der Waals surface area (Å²) in [7, 11) is 0. The molecule has 0 atom stereocenters. The van der Waals surface area contributed by atoms with Crippen molar-refractivity contribution in [2.24, 2.45) is 0 Å². The molecule has 6 heteroatoms. The molecule has 0 saturated carbocycles. The number of ether oxygens (including phenoxy) is 2. The van der Waals surface area contributed by atoms with Crippen molar-refractivity contribution >= 4 is 16.9 Å². The van der Waals surface area contributed by atoms with Gasteiger partial charge in [0.2, 0.25) is 5.76 Å². The number of hydrogen-bond donors (Lipinski definition) is 0. The molecule has 102 valence electrons. The van der Waals surface area contributed by atoms with Crippen molar-refractivity contribution in [3.8, 4) is 11.8 Å². The number of fused-ring (bicyclic) bond motifs is 1. The number of rotatable bonds is 4. The molecule has 0 spiro atoms. The predicted molar refractivity (Wildman–Crippen MR) is 69.3 cm³/mol. The number of carbonyl (C=O) groups is 1. The first-order chi connectivity index (χ1) is 9.63. The first-order valence-corrected chi connectivity index (χ1v) is 5.90.